The first-order valence-electron chi connectivity index (χ1n) is 7.50. The zero-order valence-electron chi connectivity index (χ0n) is 11.4. The maximum absolute atomic E-state index is 5.93. The van der Waals surface area contributed by atoms with Crippen LogP contribution in [0.5, 0.6) is 0 Å². The van der Waals surface area contributed by atoms with Crippen molar-refractivity contribution in [3.63, 3.8) is 0 Å². The van der Waals surface area contributed by atoms with Crippen LogP contribution in [0.25, 0.3) is 0 Å². The maximum Gasteiger partial charge on any atom is 0.0406 e. The van der Waals surface area contributed by atoms with Gasteiger partial charge in [0.2, 0.25) is 0 Å². The summed E-state index contributed by atoms with van der Waals surface area (Å²) < 4.78 is 0. The van der Waals surface area contributed by atoms with Crippen molar-refractivity contribution < 1.29 is 0 Å². The minimum absolute atomic E-state index is 0.828. The van der Waals surface area contributed by atoms with Crippen molar-refractivity contribution in [1.29, 1.82) is 0 Å². The normalized spacial score (nSPS) is 24.6. The highest BCUT2D eigenvalue weighted by molar-refractivity contribution is 6.30. The van der Waals surface area contributed by atoms with Crippen LogP contribution in [0.2, 0.25) is 5.02 Å². The quantitative estimate of drug-likeness (QED) is 0.889. The van der Waals surface area contributed by atoms with Crippen LogP contribution in [-0.2, 0) is 6.54 Å². The first kappa shape index (κ1) is 13.4. The van der Waals surface area contributed by atoms with Crippen LogP contribution in [0.1, 0.15) is 31.2 Å². The Hall–Kier alpha value is -0.570. The molecule has 1 N–H and O–H groups in total. The molecular formula is C16H23ClN2. The predicted molar refractivity (Wildman–Crippen MR) is 80.5 cm³/mol. The molecule has 3 heteroatoms. The lowest BCUT2D eigenvalue weighted by Gasteiger charge is -2.33. The van der Waals surface area contributed by atoms with Gasteiger partial charge in [0.1, 0.15) is 0 Å². The van der Waals surface area contributed by atoms with Crippen molar-refractivity contribution >= 4 is 11.6 Å². The number of halogens is 1. The molecule has 1 aromatic carbocycles. The molecule has 0 spiro atoms. The second-order valence-electron chi connectivity index (χ2n) is 6.05. The molecule has 1 atom stereocenters. The average Bonchev–Trinajstić information content (AvgIpc) is 3.24. The third-order valence-corrected chi connectivity index (χ3v) is 4.45. The van der Waals surface area contributed by atoms with E-state index in [2.05, 4.69) is 22.3 Å². The van der Waals surface area contributed by atoms with Crippen LogP contribution >= 0.6 is 11.6 Å². The predicted octanol–water partition coefficient (Wildman–Crippen LogP) is 3.30. The first-order chi connectivity index (χ1) is 9.29. The molecule has 1 saturated carbocycles. The van der Waals surface area contributed by atoms with Crippen LogP contribution in [0, 0.1) is 5.92 Å². The number of piperidine rings is 1. The van der Waals surface area contributed by atoms with Crippen molar-refractivity contribution in [3.8, 4) is 0 Å². The zero-order valence-corrected chi connectivity index (χ0v) is 12.2. The van der Waals surface area contributed by atoms with Crippen molar-refractivity contribution in [3.05, 3.63) is 34.9 Å². The summed E-state index contributed by atoms with van der Waals surface area (Å²) in [7, 11) is 0. The van der Waals surface area contributed by atoms with Gasteiger partial charge >= 0.3 is 0 Å². The molecular weight excluding hydrogens is 256 g/mol. The van der Waals surface area contributed by atoms with E-state index in [-0.39, 0.29) is 0 Å². The van der Waals surface area contributed by atoms with E-state index in [0.717, 1.165) is 23.5 Å². The summed E-state index contributed by atoms with van der Waals surface area (Å²) in [6, 6.07) is 9.12. The summed E-state index contributed by atoms with van der Waals surface area (Å²) in [5, 5.41) is 4.50. The lowest BCUT2D eigenvalue weighted by Crippen LogP contribution is -2.39. The van der Waals surface area contributed by atoms with Crippen LogP contribution < -0.4 is 5.32 Å². The fourth-order valence-electron chi connectivity index (χ4n) is 2.93. The minimum atomic E-state index is 0.828. The molecule has 3 rings (SSSR count). The van der Waals surface area contributed by atoms with Crippen molar-refractivity contribution in [2.45, 2.75) is 38.3 Å². The van der Waals surface area contributed by atoms with Crippen molar-refractivity contribution in [1.82, 2.24) is 10.2 Å². The summed E-state index contributed by atoms with van der Waals surface area (Å²) in [5.74, 6) is 0.835. The Labute approximate surface area is 121 Å². The second-order valence-corrected chi connectivity index (χ2v) is 6.49. The molecule has 1 unspecified atom stereocenters. The van der Waals surface area contributed by atoms with Gasteiger partial charge in [-0.3, -0.25) is 4.90 Å². The molecule has 1 aliphatic carbocycles. The fraction of sp³-hybridized carbons (Fsp3) is 0.625. The summed E-state index contributed by atoms with van der Waals surface area (Å²) in [6.45, 7) is 4.75. The van der Waals surface area contributed by atoms with Crippen LogP contribution in [0.4, 0.5) is 0 Å². The number of hydrogen-bond donors (Lipinski definition) is 1. The summed E-state index contributed by atoms with van der Waals surface area (Å²) in [5.41, 5.74) is 1.38. The smallest absolute Gasteiger partial charge is 0.0406 e. The number of hydrogen-bond acceptors (Lipinski definition) is 2. The van der Waals surface area contributed by atoms with Gasteiger partial charge in [-0.25, -0.2) is 0 Å². The number of nitrogens with zero attached hydrogens (tertiary/aromatic N) is 1. The number of benzene rings is 1. The summed E-state index contributed by atoms with van der Waals surface area (Å²) in [4.78, 5) is 2.59. The molecule has 19 heavy (non-hydrogen) atoms. The molecule has 1 aliphatic heterocycles. The van der Waals surface area contributed by atoms with E-state index in [4.69, 9.17) is 11.6 Å². The topological polar surface area (TPSA) is 15.3 Å². The number of rotatable bonds is 5. The van der Waals surface area contributed by atoms with Gasteiger partial charge in [-0.1, -0.05) is 23.7 Å². The number of nitrogens with one attached hydrogen (secondary N) is 1. The molecule has 2 fully saturated rings. The van der Waals surface area contributed by atoms with E-state index >= 15 is 0 Å². The van der Waals surface area contributed by atoms with Crippen molar-refractivity contribution in [2.24, 2.45) is 5.92 Å². The third-order valence-electron chi connectivity index (χ3n) is 4.20. The summed E-state index contributed by atoms with van der Waals surface area (Å²) >= 11 is 5.93. The second kappa shape index (κ2) is 6.25. The lowest BCUT2D eigenvalue weighted by molar-refractivity contribution is 0.165. The van der Waals surface area contributed by atoms with Crippen LogP contribution in [0.3, 0.4) is 0 Å². The Balaban J connectivity index is 1.48. The van der Waals surface area contributed by atoms with Gasteiger partial charge in [-0.2, -0.15) is 0 Å². The molecule has 0 amide bonds. The monoisotopic (exact) mass is 278 g/mol. The fourth-order valence-corrected chi connectivity index (χ4v) is 3.06. The number of likely N-dealkylation sites (tertiary alicyclic amines) is 1. The van der Waals surface area contributed by atoms with Gasteiger partial charge in [0.15, 0.2) is 0 Å². The largest absolute Gasteiger partial charge is 0.314 e. The molecule has 2 aliphatic rings. The first-order valence-corrected chi connectivity index (χ1v) is 7.87. The Morgan fingerprint density at radius 1 is 1.16 bits per heavy atom. The van der Waals surface area contributed by atoms with Gasteiger partial charge in [0.05, 0.1) is 0 Å². The Morgan fingerprint density at radius 3 is 2.68 bits per heavy atom. The molecule has 1 saturated heterocycles. The van der Waals surface area contributed by atoms with Crippen molar-refractivity contribution in [2.75, 3.05) is 19.6 Å². The van der Waals surface area contributed by atoms with E-state index < -0.39 is 0 Å². The summed E-state index contributed by atoms with van der Waals surface area (Å²) in [6.07, 6.45) is 5.50. The maximum atomic E-state index is 5.93. The molecule has 0 aromatic heterocycles. The van der Waals surface area contributed by atoms with E-state index in [9.17, 15) is 0 Å². The highest BCUT2D eigenvalue weighted by Crippen LogP contribution is 2.22. The molecule has 0 radical (unpaired) electrons. The molecule has 0 bridgehead atoms. The Morgan fingerprint density at radius 2 is 1.95 bits per heavy atom. The van der Waals surface area contributed by atoms with E-state index in [1.165, 1.54) is 50.9 Å². The van der Waals surface area contributed by atoms with Gasteiger partial charge in [0.25, 0.3) is 0 Å². The Bertz CT molecular complexity index is 400. The van der Waals surface area contributed by atoms with Crippen LogP contribution in [-0.4, -0.2) is 30.6 Å². The third kappa shape index (κ3) is 4.20. The standard InChI is InChI=1S/C16H23ClN2/c17-15-5-3-13(4-6-15)11-19-9-1-2-14(12-19)10-18-16-7-8-16/h3-6,14,16,18H,1-2,7-12H2. The van der Waals surface area contributed by atoms with E-state index in [0.29, 0.717) is 0 Å². The molecule has 1 heterocycles. The van der Waals surface area contributed by atoms with Crippen LogP contribution in [0.15, 0.2) is 24.3 Å². The SMILES string of the molecule is Clc1ccc(CN2CCCC(CNC3CC3)C2)cc1. The van der Waals surface area contributed by atoms with E-state index in [1.807, 2.05) is 12.1 Å². The van der Waals surface area contributed by atoms with Gasteiger partial charge in [0, 0.05) is 24.2 Å². The molecule has 2 nitrogen and oxygen atoms in total. The zero-order chi connectivity index (χ0) is 13.1. The Kier molecular flexibility index (Phi) is 4.42. The van der Waals surface area contributed by atoms with Gasteiger partial charge in [-0.15, -0.1) is 0 Å². The van der Waals surface area contributed by atoms with Gasteiger partial charge in [-0.05, 0) is 62.4 Å². The van der Waals surface area contributed by atoms with Gasteiger partial charge < -0.3 is 5.32 Å². The molecule has 104 valence electrons. The highest BCUT2D eigenvalue weighted by atomic mass is 35.5. The van der Waals surface area contributed by atoms with E-state index in [1.54, 1.807) is 0 Å². The highest BCUT2D eigenvalue weighted by Gasteiger charge is 2.24. The average molecular weight is 279 g/mol. The minimum Gasteiger partial charge on any atom is -0.314 e. The molecule has 1 aromatic rings. The lowest BCUT2D eigenvalue weighted by atomic mass is 9.97.